The van der Waals surface area contributed by atoms with Gasteiger partial charge in [-0.2, -0.15) is 0 Å². The van der Waals surface area contributed by atoms with Gasteiger partial charge >= 0.3 is 0 Å². The van der Waals surface area contributed by atoms with Crippen LogP contribution in [0.5, 0.6) is 0 Å². The first-order valence-electron chi connectivity index (χ1n) is 32.6. The number of nitrogens with zero attached hydrogens (tertiary/aromatic N) is 3. The molecule has 57 heavy (non-hydrogen) atoms. The summed E-state index contributed by atoms with van der Waals surface area (Å²) in [6.45, 7) is 0. The van der Waals surface area contributed by atoms with E-state index in [1.807, 2.05) is 0 Å². The van der Waals surface area contributed by atoms with Crippen molar-refractivity contribution >= 4 is 65.4 Å². The van der Waals surface area contributed by atoms with Crippen LogP contribution in [0, 0.1) is 0 Å². The molecule has 266 valence electrons. The first-order valence-corrected chi connectivity index (χ1v) is 17.1. The van der Waals surface area contributed by atoms with Gasteiger partial charge in [0.1, 0.15) is 0 Å². The Labute approximate surface area is 373 Å². The molecule has 0 radical (unpaired) electrons. The van der Waals surface area contributed by atoms with Crippen molar-refractivity contribution in [2.24, 2.45) is 0 Å². The van der Waals surface area contributed by atoms with Gasteiger partial charge in [0.2, 0.25) is 0 Å². The van der Waals surface area contributed by atoms with Gasteiger partial charge in [-0.25, -0.2) is 0 Å². The molecule has 0 bridgehead atoms. The SMILES string of the molecule is [2H]c1c([2H])c([2H])c(-c2c([2H])c([2H])c(-c3ccc(-n4c5c([2H])c([2H])c([2H])c([2H])c5c5c([2H])c(-n6c7c([2H])c([2H])c([2H])c([2H])c7c7c([2H])c([2H])c([2H])c(-n8c9c([2H])c([2H])c([2H])c([2H])c9c9c([2H])c([2H])c([2H])c([2H])c98)c76)c([2H])c([2H])c54)cc3)c([2H])c2[2H])c([2H])c1[2H]. The van der Waals surface area contributed by atoms with E-state index >= 15 is 0 Å². The van der Waals surface area contributed by atoms with E-state index in [0.29, 0.717) is 0 Å². The van der Waals surface area contributed by atoms with E-state index in [2.05, 4.69) is 0 Å². The summed E-state index contributed by atoms with van der Waals surface area (Å²) in [5, 5.41) is -3.15. The molecular weight excluding hydrogens is 691 g/mol. The molecule has 0 saturated heterocycles. The fraction of sp³-hybridized carbons (Fsp3) is 0. The third kappa shape index (κ3) is 4.79. The van der Waals surface area contributed by atoms with Crippen LogP contribution in [0.15, 0.2) is 212 Å². The molecule has 0 aliphatic heterocycles. The highest BCUT2D eigenvalue weighted by atomic mass is 15.1. The maximum atomic E-state index is 10.3. The van der Waals surface area contributed by atoms with Gasteiger partial charge in [0.05, 0.1) is 81.3 Å². The van der Waals surface area contributed by atoms with E-state index in [1.165, 1.54) is 24.3 Å². The third-order valence-corrected chi connectivity index (χ3v) is 9.61. The summed E-state index contributed by atoms with van der Waals surface area (Å²) in [5.41, 5.74) is -6.56. The lowest BCUT2D eigenvalue weighted by Crippen LogP contribution is -2.00. The van der Waals surface area contributed by atoms with Crippen molar-refractivity contribution < 1.29 is 42.5 Å². The highest BCUT2D eigenvalue weighted by Gasteiger charge is 2.21. The molecule has 3 nitrogen and oxygen atoms in total. The molecule has 0 saturated carbocycles. The molecule has 9 aromatic carbocycles. The van der Waals surface area contributed by atoms with Crippen molar-refractivity contribution in [1.29, 1.82) is 0 Å². The second-order valence-electron chi connectivity index (χ2n) is 12.6. The minimum absolute atomic E-state index is 0.00809. The number of hydrogen-bond donors (Lipinski definition) is 0. The summed E-state index contributed by atoms with van der Waals surface area (Å²) in [5.74, 6) is 0. The maximum Gasteiger partial charge on any atom is 0.0782 e. The van der Waals surface area contributed by atoms with E-state index < -0.39 is 275 Å². The van der Waals surface area contributed by atoms with Gasteiger partial charge in [-0.1, -0.05) is 151 Å². The molecule has 3 aromatic heterocycles. The summed E-state index contributed by atoms with van der Waals surface area (Å²) < 4.78 is 283. The van der Waals surface area contributed by atoms with Crippen LogP contribution < -0.4 is 0 Å². The zero-order valence-electron chi connectivity index (χ0n) is 59.7. The minimum atomic E-state index is -1.01. The molecule has 0 atom stereocenters. The van der Waals surface area contributed by atoms with Crippen molar-refractivity contribution in [2.45, 2.75) is 0 Å². The fourth-order valence-electron chi connectivity index (χ4n) is 7.19. The molecule has 0 N–H and O–H groups in total. The van der Waals surface area contributed by atoms with Gasteiger partial charge in [0.25, 0.3) is 0 Å². The number of aromatic nitrogens is 3. The normalized spacial score (nSPS) is 19.5. The van der Waals surface area contributed by atoms with Crippen LogP contribution in [0.25, 0.3) is 105 Å². The van der Waals surface area contributed by atoms with Crippen molar-refractivity contribution in [3.63, 3.8) is 0 Å². The van der Waals surface area contributed by atoms with Gasteiger partial charge in [0, 0.05) is 43.7 Å². The van der Waals surface area contributed by atoms with E-state index in [0.717, 1.165) is 13.7 Å². The highest BCUT2D eigenvalue weighted by molar-refractivity contribution is 6.16. The number of fused-ring (bicyclic) bond motifs is 9. The molecule has 3 heterocycles. The zero-order chi connectivity index (χ0) is 64.4. The summed E-state index contributed by atoms with van der Waals surface area (Å²) in [6.07, 6.45) is 0. The highest BCUT2D eigenvalue weighted by Crippen LogP contribution is 2.41. The van der Waals surface area contributed by atoms with Crippen LogP contribution in [-0.2, 0) is 0 Å². The number of hydrogen-bond acceptors (Lipinski definition) is 0. The van der Waals surface area contributed by atoms with Gasteiger partial charge < -0.3 is 13.7 Å². The van der Waals surface area contributed by atoms with Gasteiger partial charge in [-0.3, -0.25) is 0 Å². The molecule has 3 heteroatoms. The van der Waals surface area contributed by atoms with Crippen LogP contribution in [0.4, 0.5) is 0 Å². The van der Waals surface area contributed by atoms with Crippen LogP contribution >= 0.6 is 0 Å². The van der Waals surface area contributed by atoms with Crippen molar-refractivity contribution in [3.8, 4) is 39.3 Å². The largest absolute Gasteiger partial charge is 0.309 e. The molecule has 12 aromatic rings. The average molecular weight is 757 g/mol. The van der Waals surface area contributed by atoms with E-state index in [-0.39, 0.29) is 16.8 Å². The van der Waals surface area contributed by atoms with Crippen LogP contribution in [-0.4, -0.2) is 13.7 Å². The van der Waals surface area contributed by atoms with Crippen LogP contribution in [0.2, 0.25) is 0 Å². The monoisotopic (exact) mass is 756 g/mol. The molecule has 0 aliphatic carbocycles. The zero-order valence-corrected chi connectivity index (χ0v) is 28.7. The van der Waals surface area contributed by atoms with E-state index in [9.17, 15) is 16.4 Å². The molecule has 0 fully saturated rings. The minimum Gasteiger partial charge on any atom is -0.309 e. The molecule has 0 unspecified atom stereocenters. The van der Waals surface area contributed by atoms with Crippen LogP contribution in [0.1, 0.15) is 42.5 Å². The number of rotatable bonds is 5. The van der Waals surface area contributed by atoms with E-state index in [1.54, 1.807) is 0 Å². The summed E-state index contributed by atoms with van der Waals surface area (Å²) in [4.78, 5) is 0. The average Bonchev–Trinajstić information content (AvgIpc) is 1.52. The predicted molar refractivity (Wildman–Crippen MR) is 240 cm³/mol. The second kappa shape index (κ2) is 12.5. The Morgan fingerprint density at radius 1 is 0.281 bits per heavy atom. The lowest BCUT2D eigenvalue weighted by atomic mass is 10.0. The molecular formula is C54H35N3. The molecule has 0 amide bonds. The smallest absolute Gasteiger partial charge is 0.0782 e. The quantitative estimate of drug-likeness (QED) is 0.166. The Kier molecular flexibility index (Phi) is 3.02. The second-order valence-corrected chi connectivity index (χ2v) is 12.6. The van der Waals surface area contributed by atoms with Crippen molar-refractivity contribution in [3.05, 3.63) is 212 Å². The summed E-state index contributed by atoms with van der Waals surface area (Å²) in [6, 6.07) is -21.0. The topological polar surface area (TPSA) is 14.8 Å². The van der Waals surface area contributed by atoms with E-state index in [4.69, 9.17) is 26.0 Å². The number of benzene rings is 9. The van der Waals surface area contributed by atoms with Crippen molar-refractivity contribution in [1.82, 2.24) is 13.7 Å². The first kappa shape index (κ1) is 13.8. The first-order chi connectivity index (χ1) is 41.2. The fourth-order valence-corrected chi connectivity index (χ4v) is 7.19. The summed E-state index contributed by atoms with van der Waals surface area (Å²) in [7, 11) is 0. The Bertz CT molecular complexity index is 5190. The molecule has 0 aliphatic rings. The predicted octanol–water partition coefficient (Wildman–Crippen LogP) is 14.3. The Morgan fingerprint density at radius 2 is 0.737 bits per heavy atom. The lowest BCUT2D eigenvalue weighted by Gasteiger charge is -2.15. The third-order valence-electron chi connectivity index (χ3n) is 9.61. The van der Waals surface area contributed by atoms with Gasteiger partial charge in [-0.15, -0.1) is 0 Å². The van der Waals surface area contributed by atoms with Crippen LogP contribution in [0.3, 0.4) is 0 Å². The molecule has 0 spiro atoms. The standard InChI is InChI=1S/C54H35N3/c1-2-13-36(14-3-1)37-25-27-38(28-26-37)39-29-31-40(32-30-39)55-48-20-8-7-18-45(48)47-35-41(33-34-52(47)55)56-49-21-9-6-17-44(49)46-19-12-24-53(54(46)56)57-50-22-10-4-15-42(50)43-16-5-11-23-51(43)57/h1-35H/i1D,2D,3D,4D,5D,6D,7D,8D,9D,10D,11D,12D,13D,14D,15D,16D,17D,18D,19D,20D,21D,22D,23D,24D,25D,26D,27D,28D,33D,34D,35D. The maximum absolute atomic E-state index is 10.3. The Morgan fingerprint density at radius 3 is 1.37 bits per heavy atom. The number of para-hydroxylation sites is 5. The Balaban J connectivity index is 1.23. The lowest BCUT2D eigenvalue weighted by molar-refractivity contribution is 1.13. The summed E-state index contributed by atoms with van der Waals surface area (Å²) >= 11 is 0. The Hall–Kier alpha value is -7.62. The molecule has 12 rings (SSSR count). The van der Waals surface area contributed by atoms with Gasteiger partial charge in [0.15, 0.2) is 0 Å². The van der Waals surface area contributed by atoms with Crippen molar-refractivity contribution in [2.75, 3.05) is 0 Å². The van der Waals surface area contributed by atoms with Gasteiger partial charge in [-0.05, 0) is 82.7 Å².